The molecule has 1 aromatic rings. The summed E-state index contributed by atoms with van der Waals surface area (Å²) in [5.74, 6) is -0.133. The van der Waals surface area contributed by atoms with Crippen molar-refractivity contribution in [2.75, 3.05) is 13.1 Å². The average molecular weight is 304 g/mol. The Hall–Kier alpha value is -0.780. The second-order valence-electron chi connectivity index (χ2n) is 5.73. The molecule has 1 aliphatic rings. The summed E-state index contributed by atoms with van der Waals surface area (Å²) in [6.07, 6.45) is -0.986. The van der Waals surface area contributed by atoms with Gasteiger partial charge in [0.1, 0.15) is 5.60 Å². The van der Waals surface area contributed by atoms with Crippen molar-refractivity contribution in [1.82, 2.24) is 4.90 Å². The van der Waals surface area contributed by atoms with E-state index in [4.69, 9.17) is 16.3 Å². The van der Waals surface area contributed by atoms with E-state index < -0.39 is 11.7 Å². The van der Waals surface area contributed by atoms with Gasteiger partial charge in [0, 0.05) is 17.8 Å². The van der Waals surface area contributed by atoms with Crippen molar-refractivity contribution in [3.05, 3.63) is 21.3 Å². The van der Waals surface area contributed by atoms with Gasteiger partial charge in [-0.1, -0.05) is 11.6 Å². The molecule has 2 heterocycles. The Morgan fingerprint density at radius 1 is 1.47 bits per heavy atom. The van der Waals surface area contributed by atoms with Crippen LogP contribution in [0.5, 0.6) is 0 Å². The van der Waals surface area contributed by atoms with E-state index in [0.29, 0.717) is 11.6 Å². The molecule has 0 radical (unpaired) electrons. The molecule has 0 spiro atoms. The van der Waals surface area contributed by atoms with Crippen molar-refractivity contribution >= 4 is 29.0 Å². The molecule has 0 bridgehead atoms. The maximum Gasteiger partial charge on any atom is 0.410 e. The van der Waals surface area contributed by atoms with Gasteiger partial charge in [0.15, 0.2) is 0 Å². The standard InChI is InChI=1S/C13H18ClNO3S/c1-13(2,3)18-12(17)15-4-8(11(16)5-15)9-6-19-7-10(9)14/h6-8,11,16H,4-5H2,1-3H3. The van der Waals surface area contributed by atoms with Crippen LogP contribution < -0.4 is 0 Å². The number of nitrogens with zero attached hydrogens (tertiary/aromatic N) is 1. The van der Waals surface area contributed by atoms with Crippen LogP contribution in [-0.4, -0.2) is 40.9 Å². The smallest absolute Gasteiger partial charge is 0.410 e. The third-order valence-corrected chi connectivity index (χ3v) is 4.20. The van der Waals surface area contributed by atoms with E-state index in [-0.39, 0.29) is 18.6 Å². The summed E-state index contributed by atoms with van der Waals surface area (Å²) in [4.78, 5) is 13.5. The lowest BCUT2D eigenvalue weighted by molar-refractivity contribution is 0.0270. The SMILES string of the molecule is CC(C)(C)OC(=O)N1CC(O)C(c2cscc2Cl)C1. The number of carbonyl (C=O) groups is 1. The Bertz CT molecular complexity index is 469. The molecule has 0 saturated carbocycles. The normalized spacial score (nSPS) is 23.7. The van der Waals surface area contributed by atoms with Crippen molar-refractivity contribution < 1.29 is 14.6 Å². The van der Waals surface area contributed by atoms with Crippen molar-refractivity contribution in [3.63, 3.8) is 0 Å². The first-order chi connectivity index (χ1) is 8.78. The van der Waals surface area contributed by atoms with E-state index in [1.165, 1.54) is 16.2 Å². The number of aliphatic hydroxyl groups excluding tert-OH is 1. The molecule has 106 valence electrons. The van der Waals surface area contributed by atoms with Gasteiger partial charge in [-0.2, -0.15) is 11.3 Å². The lowest BCUT2D eigenvalue weighted by Gasteiger charge is -2.24. The molecular weight excluding hydrogens is 286 g/mol. The predicted molar refractivity (Wildman–Crippen MR) is 75.9 cm³/mol. The highest BCUT2D eigenvalue weighted by molar-refractivity contribution is 7.08. The first-order valence-electron chi connectivity index (χ1n) is 6.15. The van der Waals surface area contributed by atoms with Gasteiger partial charge >= 0.3 is 6.09 Å². The van der Waals surface area contributed by atoms with Gasteiger partial charge in [0.25, 0.3) is 0 Å². The number of hydrogen-bond donors (Lipinski definition) is 1. The minimum Gasteiger partial charge on any atom is -0.444 e. The van der Waals surface area contributed by atoms with E-state index in [2.05, 4.69) is 0 Å². The third kappa shape index (κ3) is 3.41. The number of halogens is 1. The summed E-state index contributed by atoms with van der Waals surface area (Å²) in [6, 6.07) is 0. The van der Waals surface area contributed by atoms with Crippen LogP contribution in [0.4, 0.5) is 4.79 Å². The van der Waals surface area contributed by atoms with Crippen LogP contribution in [-0.2, 0) is 4.74 Å². The van der Waals surface area contributed by atoms with Gasteiger partial charge in [-0.15, -0.1) is 0 Å². The number of hydrogen-bond acceptors (Lipinski definition) is 4. The topological polar surface area (TPSA) is 49.8 Å². The molecule has 1 aliphatic heterocycles. The predicted octanol–water partition coefficient (Wildman–Crippen LogP) is 3.10. The first kappa shape index (κ1) is 14.6. The van der Waals surface area contributed by atoms with Crippen LogP contribution in [0.25, 0.3) is 0 Å². The number of amides is 1. The van der Waals surface area contributed by atoms with E-state index in [9.17, 15) is 9.90 Å². The maximum atomic E-state index is 12.0. The van der Waals surface area contributed by atoms with Crippen LogP contribution in [0.2, 0.25) is 5.02 Å². The number of thiophene rings is 1. The van der Waals surface area contributed by atoms with Gasteiger partial charge < -0.3 is 14.7 Å². The molecule has 1 aromatic heterocycles. The zero-order valence-electron chi connectivity index (χ0n) is 11.2. The van der Waals surface area contributed by atoms with Gasteiger partial charge in [-0.3, -0.25) is 0 Å². The van der Waals surface area contributed by atoms with Crippen LogP contribution in [0.1, 0.15) is 32.3 Å². The van der Waals surface area contributed by atoms with E-state index in [1.54, 1.807) is 0 Å². The van der Waals surface area contributed by atoms with Crippen LogP contribution in [0, 0.1) is 0 Å². The Labute approximate surface area is 121 Å². The second kappa shape index (κ2) is 5.31. The fraction of sp³-hybridized carbons (Fsp3) is 0.615. The second-order valence-corrected chi connectivity index (χ2v) is 6.89. The molecule has 4 nitrogen and oxygen atoms in total. The minimum absolute atomic E-state index is 0.133. The zero-order valence-corrected chi connectivity index (χ0v) is 12.8. The average Bonchev–Trinajstić information content (AvgIpc) is 2.82. The van der Waals surface area contributed by atoms with E-state index in [1.807, 2.05) is 31.5 Å². The number of likely N-dealkylation sites (tertiary alicyclic amines) is 1. The quantitative estimate of drug-likeness (QED) is 0.867. The Kier molecular flexibility index (Phi) is 4.08. The Morgan fingerprint density at radius 3 is 2.68 bits per heavy atom. The molecule has 1 fully saturated rings. The van der Waals surface area contributed by atoms with Gasteiger partial charge in [-0.25, -0.2) is 4.79 Å². The number of rotatable bonds is 1. The van der Waals surface area contributed by atoms with Crippen LogP contribution >= 0.6 is 22.9 Å². The van der Waals surface area contributed by atoms with Gasteiger partial charge in [0.05, 0.1) is 17.7 Å². The largest absolute Gasteiger partial charge is 0.444 e. The molecule has 0 aromatic carbocycles. The zero-order chi connectivity index (χ0) is 14.2. The summed E-state index contributed by atoms with van der Waals surface area (Å²) in [5, 5.41) is 14.5. The molecule has 1 N–H and O–H groups in total. The lowest BCUT2D eigenvalue weighted by atomic mass is 9.99. The highest BCUT2D eigenvalue weighted by atomic mass is 35.5. The lowest BCUT2D eigenvalue weighted by Crippen LogP contribution is -2.35. The number of ether oxygens (including phenoxy) is 1. The Balaban J connectivity index is 2.06. The van der Waals surface area contributed by atoms with E-state index >= 15 is 0 Å². The first-order valence-corrected chi connectivity index (χ1v) is 7.47. The van der Waals surface area contributed by atoms with Gasteiger partial charge in [0.2, 0.25) is 0 Å². The number of carbonyl (C=O) groups excluding carboxylic acids is 1. The van der Waals surface area contributed by atoms with E-state index in [0.717, 1.165) is 5.56 Å². The maximum absolute atomic E-state index is 12.0. The molecule has 1 amide bonds. The molecule has 2 rings (SSSR count). The fourth-order valence-electron chi connectivity index (χ4n) is 2.12. The summed E-state index contributed by atoms with van der Waals surface area (Å²) >= 11 is 7.58. The van der Waals surface area contributed by atoms with Crippen molar-refractivity contribution in [2.24, 2.45) is 0 Å². The molecule has 2 unspecified atom stereocenters. The molecule has 2 atom stereocenters. The van der Waals surface area contributed by atoms with Crippen molar-refractivity contribution in [3.8, 4) is 0 Å². The van der Waals surface area contributed by atoms with Crippen LogP contribution in [0.3, 0.4) is 0 Å². The molecule has 19 heavy (non-hydrogen) atoms. The van der Waals surface area contributed by atoms with Crippen LogP contribution in [0.15, 0.2) is 10.8 Å². The van der Waals surface area contributed by atoms with Crippen molar-refractivity contribution in [1.29, 1.82) is 0 Å². The molecule has 6 heteroatoms. The highest BCUT2D eigenvalue weighted by Crippen LogP contribution is 2.35. The van der Waals surface area contributed by atoms with Gasteiger partial charge in [-0.05, 0) is 31.7 Å². The molecule has 0 aliphatic carbocycles. The minimum atomic E-state index is -0.598. The fourth-order valence-corrected chi connectivity index (χ4v) is 3.31. The monoisotopic (exact) mass is 303 g/mol. The summed E-state index contributed by atoms with van der Waals surface area (Å²) in [7, 11) is 0. The number of β-amino-alcohol motifs (C(OH)–C–C–N with tert-alkyl or cyclic N) is 1. The summed E-state index contributed by atoms with van der Waals surface area (Å²) in [5.41, 5.74) is 0.380. The summed E-state index contributed by atoms with van der Waals surface area (Å²) in [6.45, 7) is 6.19. The molecule has 1 saturated heterocycles. The third-order valence-electron chi connectivity index (χ3n) is 2.98. The Morgan fingerprint density at radius 2 is 2.16 bits per heavy atom. The number of aliphatic hydroxyl groups is 1. The van der Waals surface area contributed by atoms with Crippen molar-refractivity contribution in [2.45, 2.75) is 38.4 Å². The summed E-state index contributed by atoms with van der Waals surface area (Å²) < 4.78 is 5.31. The highest BCUT2D eigenvalue weighted by Gasteiger charge is 2.37. The molecular formula is C13H18ClNO3S.